The maximum absolute atomic E-state index is 12.4. The molecule has 0 saturated carbocycles. The summed E-state index contributed by atoms with van der Waals surface area (Å²) >= 11 is 0. The van der Waals surface area contributed by atoms with E-state index in [1.165, 1.54) is 5.56 Å². The first kappa shape index (κ1) is 20.9. The van der Waals surface area contributed by atoms with E-state index in [1.807, 2.05) is 0 Å². The Morgan fingerprint density at radius 3 is 2.72 bits per heavy atom. The van der Waals surface area contributed by atoms with Crippen LogP contribution >= 0.6 is 0 Å². The van der Waals surface area contributed by atoms with Gasteiger partial charge in [0.25, 0.3) is 0 Å². The number of aryl methyl sites for hydroxylation is 3. The summed E-state index contributed by atoms with van der Waals surface area (Å²) in [5.41, 5.74) is 3.03. The van der Waals surface area contributed by atoms with Crippen LogP contribution in [0.2, 0.25) is 0 Å². The predicted molar refractivity (Wildman–Crippen MR) is 110 cm³/mol. The van der Waals surface area contributed by atoms with E-state index in [4.69, 9.17) is 0 Å². The maximum Gasteiger partial charge on any atom is 0.303 e. The predicted octanol–water partition coefficient (Wildman–Crippen LogP) is 3.47. The molecule has 2 aromatic heterocycles. The molecule has 0 amide bonds. The quantitative estimate of drug-likeness (QED) is 0.592. The average Bonchev–Trinajstić information content (AvgIpc) is 2.71. The highest BCUT2D eigenvalue weighted by Gasteiger charge is 2.20. The Morgan fingerprint density at radius 1 is 1.17 bits per heavy atom. The van der Waals surface area contributed by atoms with Crippen LogP contribution in [0.15, 0.2) is 24.5 Å². The first-order valence-electron chi connectivity index (χ1n) is 10.3. The summed E-state index contributed by atoms with van der Waals surface area (Å²) < 4.78 is 0. The number of nitrogens with zero attached hydrogens (tertiary/aromatic N) is 3. The van der Waals surface area contributed by atoms with Gasteiger partial charge in [-0.2, -0.15) is 0 Å². The van der Waals surface area contributed by atoms with Crippen molar-refractivity contribution in [1.82, 2.24) is 15.0 Å². The first-order valence-corrected chi connectivity index (χ1v) is 10.3. The Labute approximate surface area is 171 Å². The number of carboxylic acid groups (broad SMARTS) is 1. The maximum atomic E-state index is 12.4. The van der Waals surface area contributed by atoms with Crippen LogP contribution in [0.1, 0.15) is 67.1 Å². The van der Waals surface area contributed by atoms with Gasteiger partial charge < -0.3 is 10.4 Å². The fourth-order valence-electron chi connectivity index (χ4n) is 3.65. The number of fused-ring (bicyclic) bond motifs is 1. The molecule has 0 radical (unpaired) electrons. The smallest absolute Gasteiger partial charge is 0.303 e. The fraction of sp³-hybridized carbons (Fsp3) is 0.500. The van der Waals surface area contributed by atoms with Crippen molar-refractivity contribution in [2.24, 2.45) is 0 Å². The van der Waals surface area contributed by atoms with E-state index in [9.17, 15) is 14.7 Å². The van der Waals surface area contributed by atoms with Crippen LogP contribution in [0.4, 0.5) is 5.82 Å². The van der Waals surface area contributed by atoms with Crippen LogP contribution in [0.3, 0.4) is 0 Å². The van der Waals surface area contributed by atoms with E-state index < -0.39 is 5.97 Å². The van der Waals surface area contributed by atoms with Gasteiger partial charge in [0.05, 0.1) is 6.42 Å². The Bertz CT molecular complexity index is 852. The van der Waals surface area contributed by atoms with Gasteiger partial charge in [-0.3, -0.25) is 9.59 Å². The Morgan fingerprint density at radius 2 is 1.97 bits per heavy atom. The van der Waals surface area contributed by atoms with Crippen molar-refractivity contribution in [2.45, 2.75) is 64.2 Å². The molecule has 2 aromatic rings. The number of carboxylic acids is 1. The number of hydrogen-bond acceptors (Lipinski definition) is 6. The van der Waals surface area contributed by atoms with Gasteiger partial charge in [0.2, 0.25) is 0 Å². The summed E-state index contributed by atoms with van der Waals surface area (Å²) in [5, 5.41) is 12.5. The SMILES string of the molecule is Cc1ncc([C@@H](CC(=O)O)CC(=O)CCCCc2ccc3c(n2)NCCC3)cn1. The minimum atomic E-state index is -0.921. The van der Waals surface area contributed by atoms with Crippen molar-refractivity contribution in [3.05, 3.63) is 47.2 Å². The number of aromatic nitrogens is 3. The van der Waals surface area contributed by atoms with E-state index in [-0.39, 0.29) is 24.5 Å². The zero-order chi connectivity index (χ0) is 20.6. The van der Waals surface area contributed by atoms with Crippen molar-refractivity contribution < 1.29 is 14.7 Å². The minimum absolute atomic E-state index is 0.0805. The molecule has 1 atom stereocenters. The van der Waals surface area contributed by atoms with Crippen LogP contribution in [0.25, 0.3) is 0 Å². The van der Waals surface area contributed by atoms with E-state index in [1.54, 1.807) is 19.3 Å². The number of unbranched alkanes of at least 4 members (excludes halogenated alkanes) is 1. The number of nitrogens with one attached hydrogen (secondary N) is 1. The van der Waals surface area contributed by atoms with E-state index in [2.05, 4.69) is 32.4 Å². The molecule has 7 nitrogen and oxygen atoms in total. The molecule has 29 heavy (non-hydrogen) atoms. The Hall–Kier alpha value is -2.83. The second-order valence-corrected chi connectivity index (χ2v) is 7.65. The third-order valence-corrected chi connectivity index (χ3v) is 5.26. The van der Waals surface area contributed by atoms with E-state index >= 15 is 0 Å². The lowest BCUT2D eigenvalue weighted by molar-refractivity contribution is -0.137. The number of carbonyl (C=O) groups is 2. The second-order valence-electron chi connectivity index (χ2n) is 7.65. The lowest BCUT2D eigenvalue weighted by atomic mass is 9.91. The average molecular weight is 396 g/mol. The summed E-state index contributed by atoms with van der Waals surface area (Å²) in [5.74, 6) is 0.406. The highest BCUT2D eigenvalue weighted by atomic mass is 16.4. The van der Waals surface area contributed by atoms with Gasteiger partial charge in [-0.05, 0) is 56.2 Å². The van der Waals surface area contributed by atoms with Gasteiger partial charge in [0.15, 0.2) is 0 Å². The monoisotopic (exact) mass is 396 g/mol. The molecule has 3 heterocycles. The molecule has 0 spiro atoms. The van der Waals surface area contributed by atoms with Crippen molar-refractivity contribution >= 4 is 17.6 Å². The molecule has 154 valence electrons. The summed E-state index contributed by atoms with van der Waals surface area (Å²) in [4.78, 5) is 36.5. The van der Waals surface area contributed by atoms with Crippen molar-refractivity contribution in [1.29, 1.82) is 0 Å². The number of rotatable bonds is 10. The summed E-state index contributed by atoms with van der Waals surface area (Å²) in [6.45, 7) is 2.75. The van der Waals surface area contributed by atoms with Crippen molar-refractivity contribution in [3.63, 3.8) is 0 Å². The highest BCUT2D eigenvalue weighted by molar-refractivity contribution is 5.80. The summed E-state index contributed by atoms with van der Waals surface area (Å²) in [6, 6.07) is 4.23. The van der Waals surface area contributed by atoms with Crippen LogP contribution in [-0.4, -0.2) is 38.4 Å². The minimum Gasteiger partial charge on any atom is -0.481 e. The fourth-order valence-corrected chi connectivity index (χ4v) is 3.65. The normalized spacial score (nSPS) is 14.0. The zero-order valence-electron chi connectivity index (χ0n) is 16.9. The number of aliphatic carboxylic acids is 1. The summed E-state index contributed by atoms with van der Waals surface area (Å²) in [6.07, 6.45) is 8.53. The molecule has 0 bridgehead atoms. The molecule has 1 aliphatic heterocycles. The number of ketones is 1. The topological polar surface area (TPSA) is 105 Å². The van der Waals surface area contributed by atoms with Gasteiger partial charge in [-0.1, -0.05) is 6.07 Å². The third-order valence-electron chi connectivity index (χ3n) is 5.26. The van der Waals surface area contributed by atoms with E-state index in [0.717, 1.165) is 50.2 Å². The number of Topliss-reactive ketones (excluding diaryl/α,β-unsaturated/α-hetero) is 1. The Balaban J connectivity index is 1.46. The second kappa shape index (κ2) is 10.1. The molecule has 0 fully saturated rings. The largest absolute Gasteiger partial charge is 0.481 e. The van der Waals surface area contributed by atoms with E-state index in [0.29, 0.717) is 17.8 Å². The first-order chi connectivity index (χ1) is 14.0. The molecule has 0 aliphatic carbocycles. The van der Waals surface area contributed by atoms with Crippen molar-refractivity contribution in [3.8, 4) is 0 Å². The molecule has 0 aromatic carbocycles. The van der Waals surface area contributed by atoms with Gasteiger partial charge in [0, 0.05) is 43.4 Å². The molecular formula is C22H28N4O3. The number of anilines is 1. The van der Waals surface area contributed by atoms with Gasteiger partial charge in [-0.15, -0.1) is 0 Å². The lowest BCUT2D eigenvalue weighted by Crippen LogP contribution is -2.14. The van der Waals surface area contributed by atoms with Gasteiger partial charge >= 0.3 is 5.97 Å². The van der Waals surface area contributed by atoms with Gasteiger partial charge in [0.1, 0.15) is 17.4 Å². The lowest BCUT2D eigenvalue weighted by Gasteiger charge is -2.17. The molecule has 0 saturated heterocycles. The molecule has 0 unspecified atom stereocenters. The van der Waals surface area contributed by atoms with Crippen LogP contribution in [-0.2, 0) is 22.4 Å². The number of pyridine rings is 1. The third kappa shape index (κ3) is 6.34. The van der Waals surface area contributed by atoms with Crippen molar-refractivity contribution in [2.75, 3.05) is 11.9 Å². The molecule has 1 aliphatic rings. The summed E-state index contributed by atoms with van der Waals surface area (Å²) in [7, 11) is 0. The van der Waals surface area contributed by atoms with Crippen LogP contribution in [0, 0.1) is 6.92 Å². The van der Waals surface area contributed by atoms with Crippen LogP contribution < -0.4 is 5.32 Å². The molecule has 7 heteroatoms. The zero-order valence-corrected chi connectivity index (χ0v) is 16.9. The van der Waals surface area contributed by atoms with Gasteiger partial charge in [-0.25, -0.2) is 15.0 Å². The molecular weight excluding hydrogens is 368 g/mol. The highest BCUT2D eigenvalue weighted by Crippen LogP contribution is 2.24. The molecule has 2 N–H and O–H groups in total. The Kier molecular flexibility index (Phi) is 7.27. The molecule has 3 rings (SSSR count). The number of hydrogen-bond donors (Lipinski definition) is 2. The standard InChI is InChI=1S/C22H28N4O3/c1-15-24-13-18(14-25-15)17(12-21(28)29)11-20(27)7-3-2-6-19-9-8-16-5-4-10-23-22(16)26-19/h8-9,13-14,17H,2-7,10-12H2,1H3,(H,23,26)(H,28,29)/t17-/m1/s1. The number of carbonyl (C=O) groups excluding carboxylic acids is 1. The van der Waals surface area contributed by atoms with Crippen LogP contribution in [0.5, 0.6) is 0 Å².